The molecule has 0 aromatic carbocycles. The average molecular weight is 257 g/mol. The monoisotopic (exact) mass is 256 g/mol. The second-order valence-corrected chi connectivity index (χ2v) is 3.86. The van der Waals surface area contributed by atoms with E-state index in [-0.39, 0.29) is 0 Å². The molecule has 0 amide bonds. The average Bonchev–Trinajstić information content (AvgIpc) is 2.81. The van der Waals surface area contributed by atoms with Crippen molar-refractivity contribution >= 4 is 17.2 Å². The van der Waals surface area contributed by atoms with Crippen LogP contribution in [-0.2, 0) is 0 Å². The maximum Gasteiger partial charge on any atom is 0.161 e. The Labute approximate surface area is 107 Å². The molecule has 0 fully saturated rings. The zero-order valence-corrected chi connectivity index (χ0v) is 9.70. The van der Waals surface area contributed by atoms with E-state index in [1.165, 1.54) is 6.33 Å². The number of hydrogen-bond acceptors (Lipinski definition) is 5. The molecule has 0 saturated heterocycles. The van der Waals surface area contributed by atoms with Gasteiger partial charge in [-0.3, -0.25) is 0 Å². The van der Waals surface area contributed by atoms with Crippen LogP contribution in [0.2, 0.25) is 5.15 Å². The molecular formula is C11H5ClN6. The molecule has 3 rings (SSSR count). The van der Waals surface area contributed by atoms with Gasteiger partial charge in [0.15, 0.2) is 11.3 Å². The fraction of sp³-hybridized carbons (Fsp3) is 0. The van der Waals surface area contributed by atoms with Gasteiger partial charge >= 0.3 is 0 Å². The summed E-state index contributed by atoms with van der Waals surface area (Å²) in [6.07, 6.45) is 2.99. The Balaban J connectivity index is 2.27. The molecule has 0 saturated carbocycles. The van der Waals surface area contributed by atoms with Crippen LogP contribution in [0.25, 0.3) is 17.0 Å². The van der Waals surface area contributed by atoms with E-state index in [1.54, 1.807) is 28.9 Å². The normalized spacial score (nSPS) is 10.4. The molecule has 0 aliphatic carbocycles. The lowest BCUT2D eigenvalue weighted by Gasteiger charge is -2.00. The highest BCUT2D eigenvalue weighted by atomic mass is 35.5. The Bertz CT molecular complexity index is 773. The van der Waals surface area contributed by atoms with E-state index < -0.39 is 0 Å². The third-order valence-corrected chi connectivity index (χ3v) is 2.58. The van der Waals surface area contributed by atoms with Crippen LogP contribution < -0.4 is 0 Å². The summed E-state index contributed by atoms with van der Waals surface area (Å²) in [6, 6.07) is 6.93. The van der Waals surface area contributed by atoms with Crippen LogP contribution in [0.1, 0.15) is 5.69 Å². The van der Waals surface area contributed by atoms with Gasteiger partial charge in [0.25, 0.3) is 0 Å². The zero-order valence-electron chi connectivity index (χ0n) is 8.95. The Kier molecular flexibility index (Phi) is 2.39. The highest BCUT2D eigenvalue weighted by molar-refractivity contribution is 6.29. The molecule has 0 N–H and O–H groups in total. The van der Waals surface area contributed by atoms with Crippen molar-refractivity contribution in [3.8, 4) is 17.5 Å². The summed E-state index contributed by atoms with van der Waals surface area (Å²) in [6.45, 7) is 0. The summed E-state index contributed by atoms with van der Waals surface area (Å²) in [5.41, 5.74) is 2.21. The smallest absolute Gasteiger partial charge is 0.161 e. The highest BCUT2D eigenvalue weighted by Gasteiger charge is 2.09. The molecular weight excluding hydrogens is 252 g/mol. The third-order valence-electron chi connectivity index (χ3n) is 2.37. The lowest BCUT2D eigenvalue weighted by atomic mass is 10.3. The first kappa shape index (κ1) is 10.6. The fourth-order valence-electron chi connectivity index (χ4n) is 1.58. The second-order valence-electron chi connectivity index (χ2n) is 3.47. The summed E-state index contributed by atoms with van der Waals surface area (Å²) < 4.78 is 1.55. The minimum atomic E-state index is 0.307. The van der Waals surface area contributed by atoms with Gasteiger partial charge in [0.05, 0.1) is 11.9 Å². The predicted octanol–water partition coefficient (Wildman–Crippen LogP) is 1.71. The van der Waals surface area contributed by atoms with E-state index in [0.29, 0.717) is 27.9 Å². The van der Waals surface area contributed by atoms with Crippen LogP contribution in [0.4, 0.5) is 0 Å². The van der Waals surface area contributed by atoms with Crippen LogP contribution in [0.15, 0.2) is 30.7 Å². The topological polar surface area (TPSA) is 79.8 Å². The molecule has 86 valence electrons. The van der Waals surface area contributed by atoms with Crippen LogP contribution in [0.5, 0.6) is 0 Å². The highest BCUT2D eigenvalue weighted by Crippen LogP contribution is 2.19. The standard InChI is InChI=1S/C11H5ClN6/c12-10-3-8(15-6-16-10)9-5-14-11-2-1-7(4-13)17-18(9)11/h1-3,5-6H. The van der Waals surface area contributed by atoms with E-state index >= 15 is 0 Å². The van der Waals surface area contributed by atoms with Crippen molar-refractivity contribution < 1.29 is 0 Å². The Morgan fingerprint density at radius 2 is 2.11 bits per heavy atom. The van der Waals surface area contributed by atoms with E-state index in [0.717, 1.165) is 0 Å². The minimum absolute atomic E-state index is 0.307. The first-order valence-corrected chi connectivity index (χ1v) is 5.38. The lowest BCUT2D eigenvalue weighted by molar-refractivity contribution is 0.922. The molecule has 0 aliphatic heterocycles. The van der Waals surface area contributed by atoms with Crippen molar-refractivity contribution in [1.82, 2.24) is 24.6 Å². The van der Waals surface area contributed by atoms with Crippen molar-refractivity contribution in [3.05, 3.63) is 41.6 Å². The molecule has 3 aromatic rings. The Morgan fingerprint density at radius 3 is 2.89 bits per heavy atom. The number of halogens is 1. The second kappa shape index (κ2) is 4.05. The zero-order chi connectivity index (χ0) is 12.5. The van der Waals surface area contributed by atoms with Crippen molar-refractivity contribution in [2.45, 2.75) is 0 Å². The van der Waals surface area contributed by atoms with Gasteiger partial charge in [0.2, 0.25) is 0 Å². The summed E-state index contributed by atoms with van der Waals surface area (Å²) in [7, 11) is 0. The van der Waals surface area contributed by atoms with Gasteiger partial charge in [-0.2, -0.15) is 10.4 Å². The molecule has 0 radical (unpaired) electrons. The van der Waals surface area contributed by atoms with E-state index in [1.807, 2.05) is 6.07 Å². The molecule has 0 bridgehead atoms. The van der Waals surface area contributed by atoms with Crippen LogP contribution in [0, 0.1) is 11.3 Å². The van der Waals surface area contributed by atoms with Gasteiger partial charge in [0, 0.05) is 6.07 Å². The van der Waals surface area contributed by atoms with Crippen molar-refractivity contribution in [2.24, 2.45) is 0 Å². The molecule has 0 atom stereocenters. The SMILES string of the molecule is N#Cc1ccc2ncc(-c3cc(Cl)ncn3)n2n1. The van der Waals surface area contributed by atoms with Gasteiger partial charge in [-0.25, -0.2) is 19.5 Å². The summed E-state index contributed by atoms with van der Waals surface area (Å²) in [5.74, 6) is 0. The van der Waals surface area contributed by atoms with E-state index in [9.17, 15) is 0 Å². The Morgan fingerprint density at radius 1 is 1.22 bits per heavy atom. The van der Waals surface area contributed by atoms with Crippen molar-refractivity contribution in [3.63, 3.8) is 0 Å². The third kappa shape index (κ3) is 1.67. The predicted molar refractivity (Wildman–Crippen MR) is 63.7 cm³/mol. The number of nitrogens with zero attached hydrogens (tertiary/aromatic N) is 6. The molecule has 18 heavy (non-hydrogen) atoms. The van der Waals surface area contributed by atoms with Crippen LogP contribution >= 0.6 is 11.6 Å². The molecule has 7 heteroatoms. The quantitative estimate of drug-likeness (QED) is 0.619. The van der Waals surface area contributed by atoms with Crippen LogP contribution in [-0.4, -0.2) is 24.6 Å². The van der Waals surface area contributed by atoms with Gasteiger partial charge < -0.3 is 0 Å². The van der Waals surface area contributed by atoms with Crippen LogP contribution in [0.3, 0.4) is 0 Å². The van der Waals surface area contributed by atoms with Gasteiger partial charge in [-0.1, -0.05) is 11.6 Å². The number of nitriles is 1. The van der Waals surface area contributed by atoms with Crippen molar-refractivity contribution in [2.75, 3.05) is 0 Å². The first-order valence-electron chi connectivity index (χ1n) is 5.01. The summed E-state index contributed by atoms with van der Waals surface area (Å²) in [4.78, 5) is 12.1. The maximum atomic E-state index is 8.85. The summed E-state index contributed by atoms with van der Waals surface area (Å²) >= 11 is 5.82. The number of aromatic nitrogens is 5. The molecule has 3 aromatic heterocycles. The van der Waals surface area contributed by atoms with Gasteiger partial charge in [-0.05, 0) is 12.1 Å². The number of imidazole rings is 1. The molecule has 0 unspecified atom stereocenters. The fourth-order valence-corrected chi connectivity index (χ4v) is 1.73. The minimum Gasteiger partial charge on any atom is -0.235 e. The van der Waals surface area contributed by atoms with E-state index in [2.05, 4.69) is 20.1 Å². The maximum absolute atomic E-state index is 8.85. The van der Waals surface area contributed by atoms with Crippen molar-refractivity contribution in [1.29, 1.82) is 5.26 Å². The largest absolute Gasteiger partial charge is 0.235 e. The first-order chi connectivity index (χ1) is 8.78. The van der Waals surface area contributed by atoms with Gasteiger partial charge in [0.1, 0.15) is 23.2 Å². The lowest BCUT2D eigenvalue weighted by Crippen LogP contribution is -1.98. The molecule has 3 heterocycles. The van der Waals surface area contributed by atoms with Gasteiger partial charge in [-0.15, -0.1) is 0 Å². The van der Waals surface area contributed by atoms with E-state index in [4.69, 9.17) is 16.9 Å². The molecule has 6 nitrogen and oxygen atoms in total. The molecule has 0 spiro atoms. The summed E-state index contributed by atoms with van der Waals surface area (Å²) in [5, 5.41) is 13.3. The molecule has 0 aliphatic rings. The Hall–Kier alpha value is -2.52. The number of hydrogen-bond donors (Lipinski definition) is 0. The number of fused-ring (bicyclic) bond motifs is 1. The number of rotatable bonds is 1.